The monoisotopic (exact) mass is 567 g/mol. The third kappa shape index (κ3) is 7.13. The Morgan fingerprint density at radius 1 is 0.895 bits per heavy atom. The minimum absolute atomic E-state index is 0.0617. The van der Waals surface area contributed by atoms with Crippen molar-refractivity contribution in [1.82, 2.24) is 5.43 Å². The fourth-order valence-electron chi connectivity index (χ4n) is 3.43. The molecule has 0 radical (unpaired) electrons. The highest BCUT2D eigenvalue weighted by atomic mass is 35.5. The SMILES string of the molecule is Cc1ccc(S(=O)(=O)Oc2ccc(C=NNC(=O)Cc3ccccc3Nc3c(Cl)cccc3Cl)cc2)cc1. The van der Waals surface area contributed by atoms with Crippen molar-refractivity contribution in [1.29, 1.82) is 0 Å². The number of nitrogens with one attached hydrogen (secondary N) is 2. The maximum absolute atomic E-state index is 12.5. The lowest BCUT2D eigenvalue weighted by Crippen LogP contribution is -2.20. The number of para-hydroxylation sites is 2. The van der Waals surface area contributed by atoms with Gasteiger partial charge in [-0.25, -0.2) is 5.43 Å². The summed E-state index contributed by atoms with van der Waals surface area (Å²) in [7, 11) is -3.94. The summed E-state index contributed by atoms with van der Waals surface area (Å²) in [4.78, 5) is 12.6. The van der Waals surface area contributed by atoms with Crippen LogP contribution in [0.4, 0.5) is 11.4 Å². The molecule has 0 aliphatic rings. The van der Waals surface area contributed by atoms with Crippen molar-refractivity contribution in [2.75, 3.05) is 5.32 Å². The van der Waals surface area contributed by atoms with Gasteiger partial charge in [0.2, 0.25) is 5.91 Å². The Morgan fingerprint density at radius 3 is 2.24 bits per heavy atom. The molecule has 0 aliphatic carbocycles. The van der Waals surface area contributed by atoms with Crippen LogP contribution in [0.2, 0.25) is 10.0 Å². The predicted octanol–water partition coefficient (Wildman–Crippen LogP) is 6.51. The van der Waals surface area contributed by atoms with Crippen molar-refractivity contribution in [3.63, 3.8) is 0 Å². The van der Waals surface area contributed by atoms with Gasteiger partial charge in [0, 0.05) is 5.69 Å². The van der Waals surface area contributed by atoms with Crippen LogP contribution in [0.15, 0.2) is 101 Å². The molecule has 0 aliphatic heterocycles. The molecule has 0 bridgehead atoms. The topological polar surface area (TPSA) is 96.9 Å². The van der Waals surface area contributed by atoms with Crippen molar-refractivity contribution >= 4 is 56.8 Å². The van der Waals surface area contributed by atoms with E-state index in [2.05, 4.69) is 15.8 Å². The van der Waals surface area contributed by atoms with Gasteiger partial charge in [-0.2, -0.15) is 13.5 Å². The zero-order valence-corrected chi connectivity index (χ0v) is 22.5. The van der Waals surface area contributed by atoms with Crippen molar-refractivity contribution in [3.8, 4) is 5.75 Å². The average Bonchev–Trinajstić information content (AvgIpc) is 2.88. The molecule has 1 amide bonds. The Morgan fingerprint density at radius 2 is 1.55 bits per heavy atom. The Balaban J connectivity index is 1.35. The number of carbonyl (C=O) groups is 1. The van der Waals surface area contributed by atoms with E-state index >= 15 is 0 Å². The van der Waals surface area contributed by atoms with E-state index in [1.54, 1.807) is 42.5 Å². The molecule has 7 nitrogen and oxygen atoms in total. The number of hydrazone groups is 1. The number of hydrogen-bond donors (Lipinski definition) is 2. The second-order valence-electron chi connectivity index (χ2n) is 8.27. The lowest BCUT2D eigenvalue weighted by atomic mass is 10.1. The fraction of sp³-hybridized carbons (Fsp3) is 0.0714. The zero-order valence-electron chi connectivity index (χ0n) is 20.2. The summed E-state index contributed by atoms with van der Waals surface area (Å²) in [5, 5.41) is 8.11. The van der Waals surface area contributed by atoms with E-state index in [-0.39, 0.29) is 23.0 Å². The lowest BCUT2D eigenvalue weighted by Gasteiger charge is -2.14. The van der Waals surface area contributed by atoms with Crippen LogP contribution in [0, 0.1) is 6.92 Å². The molecule has 10 heteroatoms. The molecule has 0 heterocycles. The van der Waals surface area contributed by atoms with Crippen LogP contribution < -0.4 is 14.9 Å². The predicted molar refractivity (Wildman–Crippen MR) is 151 cm³/mol. The van der Waals surface area contributed by atoms with Crippen LogP contribution in [-0.2, 0) is 21.3 Å². The molecule has 4 aromatic rings. The molecular weight excluding hydrogens is 545 g/mol. The minimum atomic E-state index is -3.94. The van der Waals surface area contributed by atoms with Crippen LogP contribution in [0.1, 0.15) is 16.7 Å². The molecule has 194 valence electrons. The summed E-state index contributed by atoms with van der Waals surface area (Å²) in [6.07, 6.45) is 1.51. The van der Waals surface area contributed by atoms with Gasteiger partial charge in [0.1, 0.15) is 10.6 Å². The van der Waals surface area contributed by atoms with E-state index < -0.39 is 10.1 Å². The number of aryl methyl sites for hydroxylation is 1. The highest BCUT2D eigenvalue weighted by molar-refractivity contribution is 7.87. The highest BCUT2D eigenvalue weighted by Crippen LogP contribution is 2.33. The van der Waals surface area contributed by atoms with Crippen LogP contribution in [-0.4, -0.2) is 20.5 Å². The summed E-state index contributed by atoms with van der Waals surface area (Å²) in [5.74, 6) is -0.167. The van der Waals surface area contributed by atoms with Crippen molar-refractivity contribution in [3.05, 3.63) is 118 Å². The van der Waals surface area contributed by atoms with Crippen LogP contribution >= 0.6 is 23.2 Å². The second kappa shape index (κ2) is 12.1. The van der Waals surface area contributed by atoms with Gasteiger partial charge in [0.05, 0.1) is 28.4 Å². The van der Waals surface area contributed by atoms with Gasteiger partial charge in [-0.1, -0.05) is 65.2 Å². The molecule has 0 unspecified atom stereocenters. The molecule has 2 N–H and O–H groups in total. The molecular formula is C28H23Cl2N3O4S. The van der Waals surface area contributed by atoms with Crippen molar-refractivity contribution in [2.24, 2.45) is 5.10 Å². The quantitative estimate of drug-likeness (QED) is 0.136. The van der Waals surface area contributed by atoms with E-state index in [1.807, 2.05) is 31.2 Å². The molecule has 0 saturated heterocycles. The summed E-state index contributed by atoms with van der Waals surface area (Å²) >= 11 is 12.5. The maximum atomic E-state index is 12.5. The highest BCUT2D eigenvalue weighted by Gasteiger charge is 2.16. The number of rotatable bonds is 9. The number of benzene rings is 4. The van der Waals surface area contributed by atoms with Gasteiger partial charge in [-0.05, 0) is 72.6 Å². The van der Waals surface area contributed by atoms with E-state index in [9.17, 15) is 13.2 Å². The molecule has 0 spiro atoms. The molecule has 4 rings (SSSR count). The smallest absolute Gasteiger partial charge is 0.339 e. The molecule has 0 fully saturated rings. The number of amides is 1. The van der Waals surface area contributed by atoms with Gasteiger partial charge in [-0.15, -0.1) is 0 Å². The number of carbonyl (C=O) groups excluding carboxylic acids is 1. The standard InChI is InChI=1S/C28H23Cl2N3O4S/c1-19-9-15-23(16-10-19)38(35,36)37-22-13-11-20(12-14-22)18-31-33-27(34)17-21-5-2-3-8-26(21)32-28-24(29)6-4-7-25(28)30/h2-16,18,32H,17H2,1H3,(H,33,34). The Kier molecular flexibility index (Phi) is 8.68. The largest absolute Gasteiger partial charge is 0.379 e. The number of nitrogens with zero attached hydrogens (tertiary/aromatic N) is 1. The third-order valence-corrected chi connectivity index (χ3v) is 7.28. The summed E-state index contributed by atoms with van der Waals surface area (Å²) in [6, 6.07) is 25.2. The summed E-state index contributed by atoms with van der Waals surface area (Å²) < 4.78 is 30.1. The fourth-order valence-corrected chi connectivity index (χ4v) is 4.85. The first-order chi connectivity index (χ1) is 18.2. The van der Waals surface area contributed by atoms with E-state index in [0.717, 1.165) is 11.1 Å². The first-order valence-electron chi connectivity index (χ1n) is 11.4. The van der Waals surface area contributed by atoms with Gasteiger partial charge < -0.3 is 9.50 Å². The first kappa shape index (κ1) is 27.2. The van der Waals surface area contributed by atoms with Crippen LogP contribution in [0.25, 0.3) is 0 Å². The molecule has 0 aromatic heterocycles. The lowest BCUT2D eigenvalue weighted by molar-refractivity contribution is -0.120. The number of halogens is 2. The van der Waals surface area contributed by atoms with E-state index in [0.29, 0.717) is 27.0 Å². The maximum Gasteiger partial charge on any atom is 0.339 e. The molecule has 38 heavy (non-hydrogen) atoms. The normalized spacial score (nSPS) is 11.3. The van der Waals surface area contributed by atoms with Crippen molar-refractivity contribution < 1.29 is 17.4 Å². The van der Waals surface area contributed by atoms with Crippen LogP contribution in [0.3, 0.4) is 0 Å². The average molecular weight is 568 g/mol. The minimum Gasteiger partial charge on any atom is -0.379 e. The van der Waals surface area contributed by atoms with Crippen LogP contribution in [0.5, 0.6) is 5.75 Å². The Labute approximate surface area is 231 Å². The zero-order chi connectivity index (χ0) is 27.1. The second-order valence-corrected chi connectivity index (χ2v) is 10.6. The van der Waals surface area contributed by atoms with Gasteiger partial charge >= 0.3 is 10.1 Å². The van der Waals surface area contributed by atoms with Gasteiger partial charge in [0.15, 0.2) is 0 Å². The summed E-state index contributed by atoms with van der Waals surface area (Å²) in [6.45, 7) is 1.87. The van der Waals surface area contributed by atoms with Gasteiger partial charge in [0.25, 0.3) is 0 Å². The molecule has 4 aromatic carbocycles. The number of hydrogen-bond acceptors (Lipinski definition) is 6. The molecule has 0 saturated carbocycles. The van der Waals surface area contributed by atoms with E-state index in [4.69, 9.17) is 27.4 Å². The Bertz CT molecular complexity index is 1550. The summed E-state index contributed by atoms with van der Waals surface area (Å²) in [5.41, 5.74) is 6.06. The Hall–Kier alpha value is -3.85. The third-order valence-electron chi connectivity index (χ3n) is 5.39. The van der Waals surface area contributed by atoms with E-state index in [1.165, 1.54) is 30.5 Å². The van der Waals surface area contributed by atoms with Gasteiger partial charge in [-0.3, -0.25) is 4.79 Å². The number of anilines is 2. The first-order valence-corrected chi connectivity index (χ1v) is 13.6. The molecule has 0 atom stereocenters. The van der Waals surface area contributed by atoms with Crippen molar-refractivity contribution in [2.45, 2.75) is 18.2 Å².